The van der Waals surface area contributed by atoms with E-state index >= 15 is 0 Å². The van der Waals surface area contributed by atoms with Crippen LogP contribution in [-0.2, 0) is 4.74 Å². The lowest BCUT2D eigenvalue weighted by atomic mass is 10.2. The van der Waals surface area contributed by atoms with Crippen molar-refractivity contribution in [2.45, 2.75) is 52.9 Å². The van der Waals surface area contributed by atoms with Crippen molar-refractivity contribution in [3.63, 3.8) is 0 Å². The number of nitrogens with zero attached hydrogens (tertiary/aromatic N) is 2. The van der Waals surface area contributed by atoms with Crippen molar-refractivity contribution in [1.82, 2.24) is 9.97 Å². The Morgan fingerprint density at radius 3 is 2.55 bits per heavy atom. The molecule has 1 heterocycles. The zero-order valence-corrected chi connectivity index (χ0v) is 13.2. The molecule has 0 aliphatic heterocycles. The van der Waals surface area contributed by atoms with E-state index in [2.05, 4.69) is 36.1 Å². The van der Waals surface area contributed by atoms with Gasteiger partial charge in [0, 0.05) is 31.2 Å². The molecule has 0 atom stereocenters. The van der Waals surface area contributed by atoms with Crippen LogP contribution in [0.4, 0.5) is 11.6 Å². The van der Waals surface area contributed by atoms with Gasteiger partial charge >= 0.3 is 0 Å². The summed E-state index contributed by atoms with van der Waals surface area (Å²) in [7, 11) is 0. The van der Waals surface area contributed by atoms with Crippen LogP contribution in [0.2, 0.25) is 0 Å². The van der Waals surface area contributed by atoms with Gasteiger partial charge in [-0.3, -0.25) is 0 Å². The van der Waals surface area contributed by atoms with Gasteiger partial charge < -0.3 is 15.8 Å². The average Bonchev–Trinajstić information content (AvgIpc) is 2.41. The largest absolute Gasteiger partial charge is 0.383 e. The number of rotatable bonds is 9. The van der Waals surface area contributed by atoms with Gasteiger partial charge in [0.25, 0.3) is 0 Å². The van der Waals surface area contributed by atoms with Crippen LogP contribution in [0.1, 0.15) is 57.3 Å². The predicted octanol–water partition coefficient (Wildman–Crippen LogP) is 3.11. The Labute approximate surface area is 122 Å². The molecule has 5 nitrogen and oxygen atoms in total. The third-order valence-corrected chi connectivity index (χ3v) is 3.12. The highest BCUT2D eigenvalue weighted by molar-refractivity contribution is 5.54. The molecule has 20 heavy (non-hydrogen) atoms. The highest BCUT2D eigenvalue weighted by atomic mass is 16.5. The molecule has 0 aliphatic carbocycles. The summed E-state index contributed by atoms with van der Waals surface area (Å²) >= 11 is 0. The molecule has 1 aromatic rings. The van der Waals surface area contributed by atoms with Crippen molar-refractivity contribution in [3.8, 4) is 0 Å². The lowest BCUT2D eigenvalue weighted by molar-refractivity contribution is 0.131. The number of nitrogens with two attached hydrogens (primary N) is 1. The number of ether oxygens (including phenoxy) is 1. The third kappa shape index (κ3) is 5.33. The maximum absolute atomic E-state index is 5.93. The summed E-state index contributed by atoms with van der Waals surface area (Å²) in [5, 5.41) is 3.33. The number of unbranched alkanes of at least 4 members (excludes halogenated alkanes) is 1. The number of hydrogen-bond donors (Lipinski definition) is 2. The fraction of sp³-hybridized carbons (Fsp3) is 0.733. The molecular weight excluding hydrogens is 252 g/mol. The molecule has 0 radical (unpaired) electrons. The Morgan fingerprint density at radius 1 is 1.20 bits per heavy atom. The van der Waals surface area contributed by atoms with E-state index in [1.165, 1.54) is 6.42 Å². The first kappa shape index (κ1) is 16.7. The lowest BCUT2D eigenvalue weighted by Gasteiger charge is -2.13. The fourth-order valence-corrected chi connectivity index (χ4v) is 1.71. The Hall–Kier alpha value is -1.36. The Morgan fingerprint density at radius 2 is 1.90 bits per heavy atom. The van der Waals surface area contributed by atoms with E-state index in [9.17, 15) is 0 Å². The van der Waals surface area contributed by atoms with Crippen molar-refractivity contribution in [1.29, 1.82) is 0 Å². The van der Waals surface area contributed by atoms with Crippen molar-refractivity contribution in [2.75, 3.05) is 30.8 Å². The van der Waals surface area contributed by atoms with E-state index in [1.807, 2.05) is 6.92 Å². The molecular formula is C15H28N4O. The highest BCUT2D eigenvalue weighted by Gasteiger charge is 2.10. The second-order valence-corrected chi connectivity index (χ2v) is 5.34. The quantitative estimate of drug-likeness (QED) is 0.680. The minimum Gasteiger partial charge on any atom is -0.383 e. The monoisotopic (exact) mass is 280 g/mol. The minimum absolute atomic E-state index is 0.274. The summed E-state index contributed by atoms with van der Waals surface area (Å²) in [6, 6.07) is 0. The van der Waals surface area contributed by atoms with Gasteiger partial charge in [0.05, 0.1) is 0 Å². The van der Waals surface area contributed by atoms with Crippen LogP contribution in [0.25, 0.3) is 0 Å². The number of nitrogen functional groups attached to an aromatic ring is 1. The first-order valence-electron chi connectivity index (χ1n) is 7.51. The average molecular weight is 280 g/mol. The highest BCUT2D eigenvalue weighted by Crippen LogP contribution is 2.20. The Balaban J connectivity index is 2.43. The van der Waals surface area contributed by atoms with Gasteiger partial charge in [0.15, 0.2) is 0 Å². The fourth-order valence-electron chi connectivity index (χ4n) is 1.71. The van der Waals surface area contributed by atoms with Crippen LogP contribution in [-0.4, -0.2) is 29.7 Å². The van der Waals surface area contributed by atoms with Crippen molar-refractivity contribution in [2.24, 2.45) is 0 Å². The summed E-state index contributed by atoms with van der Waals surface area (Å²) in [6.45, 7) is 10.7. The molecule has 0 saturated carbocycles. The van der Waals surface area contributed by atoms with E-state index in [0.717, 1.165) is 49.8 Å². The van der Waals surface area contributed by atoms with Gasteiger partial charge in [0.2, 0.25) is 0 Å². The molecule has 0 aliphatic rings. The Bertz CT molecular complexity index is 407. The van der Waals surface area contributed by atoms with E-state index in [1.54, 1.807) is 0 Å². The molecule has 114 valence electrons. The first-order chi connectivity index (χ1) is 9.56. The SMILES string of the molecule is CCCCOCCCNc1nc(C(C)C)nc(N)c1C. The standard InChI is InChI=1S/C15H28N4O/c1-5-6-9-20-10-7-8-17-15-12(4)13(16)18-14(19-15)11(2)3/h11H,5-10H2,1-4H3,(H3,16,17,18,19). The van der Waals surface area contributed by atoms with Gasteiger partial charge in [-0.05, 0) is 19.8 Å². The molecule has 5 heteroatoms. The van der Waals surface area contributed by atoms with E-state index in [0.29, 0.717) is 5.82 Å². The third-order valence-electron chi connectivity index (χ3n) is 3.12. The van der Waals surface area contributed by atoms with Gasteiger partial charge in [-0.1, -0.05) is 27.2 Å². The second kappa shape index (κ2) is 8.74. The minimum atomic E-state index is 0.274. The van der Waals surface area contributed by atoms with E-state index < -0.39 is 0 Å². The molecule has 0 saturated heterocycles. The maximum atomic E-state index is 5.93. The normalized spacial score (nSPS) is 11.1. The molecule has 0 aromatic carbocycles. The Kier molecular flexibility index (Phi) is 7.30. The van der Waals surface area contributed by atoms with Gasteiger partial charge in [-0.2, -0.15) is 0 Å². The van der Waals surface area contributed by atoms with Crippen LogP contribution < -0.4 is 11.1 Å². The summed E-state index contributed by atoms with van der Waals surface area (Å²) < 4.78 is 5.53. The summed E-state index contributed by atoms with van der Waals surface area (Å²) in [4.78, 5) is 8.85. The molecule has 0 amide bonds. The zero-order valence-electron chi connectivity index (χ0n) is 13.2. The number of hydrogen-bond acceptors (Lipinski definition) is 5. The zero-order chi connectivity index (χ0) is 15.0. The van der Waals surface area contributed by atoms with Crippen LogP contribution in [0.3, 0.4) is 0 Å². The van der Waals surface area contributed by atoms with Crippen LogP contribution in [0.5, 0.6) is 0 Å². The smallest absolute Gasteiger partial charge is 0.135 e. The van der Waals surface area contributed by atoms with Gasteiger partial charge in [-0.25, -0.2) is 9.97 Å². The lowest BCUT2D eigenvalue weighted by Crippen LogP contribution is -2.12. The van der Waals surface area contributed by atoms with E-state index in [-0.39, 0.29) is 5.92 Å². The number of nitrogens with one attached hydrogen (secondary N) is 1. The van der Waals surface area contributed by atoms with Gasteiger partial charge in [0.1, 0.15) is 17.5 Å². The molecule has 0 bridgehead atoms. The van der Waals surface area contributed by atoms with Gasteiger partial charge in [-0.15, -0.1) is 0 Å². The van der Waals surface area contributed by atoms with Crippen molar-refractivity contribution in [3.05, 3.63) is 11.4 Å². The molecule has 3 N–H and O–H groups in total. The van der Waals surface area contributed by atoms with E-state index in [4.69, 9.17) is 10.5 Å². The molecule has 0 unspecified atom stereocenters. The summed E-state index contributed by atoms with van der Waals surface area (Å²) in [5.41, 5.74) is 6.85. The number of aromatic nitrogens is 2. The first-order valence-corrected chi connectivity index (χ1v) is 7.51. The van der Waals surface area contributed by atoms with Crippen molar-refractivity contribution < 1.29 is 4.74 Å². The topological polar surface area (TPSA) is 73.1 Å². The summed E-state index contributed by atoms with van der Waals surface area (Å²) in [6.07, 6.45) is 3.27. The predicted molar refractivity (Wildman–Crippen MR) is 84.1 cm³/mol. The maximum Gasteiger partial charge on any atom is 0.135 e. The second-order valence-electron chi connectivity index (χ2n) is 5.34. The molecule has 1 aromatic heterocycles. The molecule has 0 fully saturated rings. The molecule has 1 rings (SSSR count). The summed E-state index contributed by atoms with van der Waals surface area (Å²) in [5.74, 6) is 2.46. The van der Waals surface area contributed by atoms with Crippen LogP contribution >= 0.6 is 0 Å². The van der Waals surface area contributed by atoms with Crippen LogP contribution in [0, 0.1) is 6.92 Å². The van der Waals surface area contributed by atoms with Crippen molar-refractivity contribution >= 4 is 11.6 Å². The van der Waals surface area contributed by atoms with Crippen LogP contribution in [0.15, 0.2) is 0 Å². The number of anilines is 2. The molecule has 0 spiro atoms.